The van der Waals surface area contributed by atoms with Crippen LogP contribution in [0.15, 0.2) is 66.9 Å². The lowest BCUT2D eigenvalue weighted by Gasteiger charge is -2.17. The van der Waals surface area contributed by atoms with E-state index in [9.17, 15) is 0 Å². The van der Waals surface area contributed by atoms with Crippen molar-refractivity contribution in [2.45, 2.75) is 6.42 Å². The summed E-state index contributed by atoms with van der Waals surface area (Å²) in [6.45, 7) is 0. The monoisotopic (exact) mass is 454 g/mol. The van der Waals surface area contributed by atoms with E-state index in [1.165, 1.54) is 5.56 Å². The molecule has 0 bridgehead atoms. The first-order valence-corrected chi connectivity index (χ1v) is 11.2. The smallest absolute Gasteiger partial charge is 0.220 e. The lowest BCUT2D eigenvalue weighted by atomic mass is 9.95. The first-order chi connectivity index (χ1) is 16.6. The summed E-state index contributed by atoms with van der Waals surface area (Å²) in [5.41, 5.74) is 3.42. The number of aromatic nitrogens is 1. The molecule has 1 aromatic heterocycles. The van der Waals surface area contributed by atoms with Crippen LogP contribution in [0.5, 0.6) is 23.0 Å². The van der Waals surface area contributed by atoms with Crippen LogP contribution in [0.4, 0.5) is 0 Å². The third-order valence-electron chi connectivity index (χ3n) is 6.46. The molecule has 0 saturated heterocycles. The van der Waals surface area contributed by atoms with Gasteiger partial charge in [-0.05, 0) is 35.2 Å². The summed E-state index contributed by atoms with van der Waals surface area (Å²) in [5.74, 6) is 2.94. The van der Waals surface area contributed by atoms with E-state index in [0.29, 0.717) is 11.5 Å². The molecule has 0 unspecified atom stereocenters. The molecule has 0 amide bonds. The van der Waals surface area contributed by atoms with Crippen LogP contribution in [-0.2, 0) is 13.5 Å². The molecule has 1 heterocycles. The second-order valence-electron chi connectivity index (χ2n) is 8.36. The van der Waals surface area contributed by atoms with Gasteiger partial charge in [-0.25, -0.2) is 0 Å². The van der Waals surface area contributed by atoms with Crippen LogP contribution in [0, 0.1) is 0 Å². The van der Waals surface area contributed by atoms with Gasteiger partial charge < -0.3 is 18.9 Å². The minimum absolute atomic E-state index is 0.708. The first-order valence-electron chi connectivity index (χ1n) is 11.2. The van der Waals surface area contributed by atoms with Crippen molar-refractivity contribution in [1.29, 1.82) is 0 Å². The molecular formula is C29H28NO4+. The summed E-state index contributed by atoms with van der Waals surface area (Å²) in [5, 5.41) is 5.44. The molecule has 0 fully saturated rings. The van der Waals surface area contributed by atoms with Crippen LogP contribution in [0.25, 0.3) is 32.4 Å². The predicted octanol–water partition coefficient (Wildman–Crippen LogP) is 5.60. The van der Waals surface area contributed by atoms with Gasteiger partial charge in [0.05, 0.1) is 44.6 Å². The van der Waals surface area contributed by atoms with Crippen LogP contribution < -0.4 is 23.5 Å². The number of rotatable bonds is 6. The van der Waals surface area contributed by atoms with E-state index in [1.807, 2.05) is 18.2 Å². The SMILES string of the molecule is COc1cc2ccc3c4cc(Cc5ccccc5)c(OC)c(OC)c4c[n+](C)c3c2cc1OC. The zero-order chi connectivity index (χ0) is 23.8. The molecule has 4 aromatic carbocycles. The Morgan fingerprint density at radius 2 is 1.35 bits per heavy atom. The number of hydrogen-bond donors (Lipinski definition) is 0. The number of nitrogens with zero attached hydrogens (tertiary/aromatic N) is 1. The maximum atomic E-state index is 5.91. The van der Waals surface area contributed by atoms with Crippen LogP contribution in [-0.4, -0.2) is 28.4 Å². The van der Waals surface area contributed by atoms with Crippen LogP contribution in [0.3, 0.4) is 0 Å². The van der Waals surface area contributed by atoms with Crippen molar-refractivity contribution >= 4 is 32.4 Å². The van der Waals surface area contributed by atoms with Crippen LogP contribution in [0.2, 0.25) is 0 Å². The average molecular weight is 455 g/mol. The lowest BCUT2D eigenvalue weighted by molar-refractivity contribution is -0.642. The normalized spacial score (nSPS) is 11.2. The summed E-state index contributed by atoms with van der Waals surface area (Å²) >= 11 is 0. The molecular weight excluding hydrogens is 426 g/mol. The number of fused-ring (bicyclic) bond motifs is 5. The number of hydrogen-bond acceptors (Lipinski definition) is 4. The average Bonchev–Trinajstić information content (AvgIpc) is 2.87. The minimum atomic E-state index is 0.708. The molecule has 0 atom stereocenters. The van der Waals surface area contributed by atoms with Crippen molar-refractivity contribution in [3.8, 4) is 23.0 Å². The van der Waals surface area contributed by atoms with Gasteiger partial charge >= 0.3 is 0 Å². The highest BCUT2D eigenvalue weighted by Crippen LogP contribution is 2.43. The Kier molecular flexibility index (Phi) is 5.62. The van der Waals surface area contributed by atoms with Gasteiger partial charge in [-0.3, -0.25) is 0 Å². The molecule has 0 aliphatic rings. The highest BCUT2D eigenvalue weighted by atomic mass is 16.5. The minimum Gasteiger partial charge on any atom is -0.493 e. The fourth-order valence-electron chi connectivity index (χ4n) is 4.92. The summed E-state index contributed by atoms with van der Waals surface area (Å²) in [7, 11) is 8.78. The fraction of sp³-hybridized carbons (Fsp3) is 0.207. The van der Waals surface area contributed by atoms with Gasteiger partial charge in [0, 0.05) is 17.4 Å². The van der Waals surface area contributed by atoms with Gasteiger partial charge in [0.25, 0.3) is 0 Å². The number of methoxy groups -OCH3 is 4. The maximum Gasteiger partial charge on any atom is 0.220 e. The molecule has 5 nitrogen and oxygen atoms in total. The highest BCUT2D eigenvalue weighted by molar-refractivity contribution is 6.15. The molecule has 0 radical (unpaired) electrons. The topological polar surface area (TPSA) is 40.8 Å². The third kappa shape index (κ3) is 3.45. The number of benzene rings is 4. The summed E-state index contributed by atoms with van der Waals surface area (Å²) in [4.78, 5) is 0. The standard InChI is InChI=1S/C29H28NO4/c1-30-17-24-23(14-20(28(33-4)29(24)34-5)13-18-9-7-6-8-10-18)21-12-11-19-15-25(31-2)26(32-3)16-22(19)27(21)30/h6-12,14-17H,13H2,1-5H3/q+1. The zero-order valence-corrected chi connectivity index (χ0v) is 20.1. The van der Waals surface area contributed by atoms with E-state index in [2.05, 4.69) is 60.3 Å². The Balaban J connectivity index is 1.87. The van der Waals surface area contributed by atoms with E-state index < -0.39 is 0 Å². The predicted molar refractivity (Wildman–Crippen MR) is 136 cm³/mol. The molecule has 0 aliphatic carbocycles. The van der Waals surface area contributed by atoms with Crippen molar-refractivity contribution in [3.63, 3.8) is 0 Å². The molecule has 172 valence electrons. The first kappa shape index (κ1) is 21.8. The quantitative estimate of drug-likeness (QED) is 0.248. The molecule has 5 rings (SSSR count). The number of pyridine rings is 1. The fourth-order valence-corrected chi connectivity index (χ4v) is 4.92. The number of aryl methyl sites for hydroxylation is 1. The molecule has 5 aromatic rings. The van der Waals surface area contributed by atoms with Crippen molar-refractivity contribution in [2.24, 2.45) is 7.05 Å². The van der Waals surface area contributed by atoms with E-state index in [0.717, 1.165) is 55.9 Å². The Morgan fingerprint density at radius 3 is 2.03 bits per heavy atom. The van der Waals surface area contributed by atoms with Crippen LogP contribution >= 0.6 is 0 Å². The second kappa shape index (κ2) is 8.75. The Hall–Kier alpha value is -3.99. The van der Waals surface area contributed by atoms with E-state index in [1.54, 1.807) is 28.4 Å². The van der Waals surface area contributed by atoms with E-state index in [4.69, 9.17) is 18.9 Å². The lowest BCUT2D eigenvalue weighted by Crippen LogP contribution is -2.28. The molecule has 0 saturated carbocycles. The number of ether oxygens (including phenoxy) is 4. The van der Waals surface area contributed by atoms with Crippen molar-refractivity contribution < 1.29 is 23.5 Å². The van der Waals surface area contributed by atoms with Gasteiger partial charge in [0.1, 0.15) is 7.05 Å². The second-order valence-corrected chi connectivity index (χ2v) is 8.36. The van der Waals surface area contributed by atoms with Gasteiger partial charge in [0.2, 0.25) is 5.52 Å². The largest absolute Gasteiger partial charge is 0.493 e. The molecule has 34 heavy (non-hydrogen) atoms. The Bertz CT molecular complexity index is 1530. The molecule has 0 aliphatic heterocycles. The van der Waals surface area contributed by atoms with Crippen molar-refractivity contribution in [2.75, 3.05) is 28.4 Å². The zero-order valence-electron chi connectivity index (χ0n) is 20.1. The van der Waals surface area contributed by atoms with Crippen LogP contribution in [0.1, 0.15) is 11.1 Å². The summed E-state index contributed by atoms with van der Waals surface area (Å²) in [6, 6.07) is 21.0. The molecule has 5 heteroatoms. The maximum absolute atomic E-state index is 5.91. The van der Waals surface area contributed by atoms with E-state index >= 15 is 0 Å². The van der Waals surface area contributed by atoms with Crippen molar-refractivity contribution in [3.05, 3.63) is 78.0 Å². The summed E-state index contributed by atoms with van der Waals surface area (Å²) < 4.78 is 25.0. The highest BCUT2D eigenvalue weighted by Gasteiger charge is 2.23. The summed E-state index contributed by atoms with van der Waals surface area (Å²) in [6.07, 6.45) is 2.86. The third-order valence-corrected chi connectivity index (χ3v) is 6.46. The van der Waals surface area contributed by atoms with Gasteiger partial charge in [0.15, 0.2) is 29.2 Å². The van der Waals surface area contributed by atoms with Gasteiger partial charge in [-0.2, -0.15) is 4.57 Å². The van der Waals surface area contributed by atoms with Gasteiger partial charge in [-0.15, -0.1) is 0 Å². The van der Waals surface area contributed by atoms with Gasteiger partial charge in [-0.1, -0.05) is 36.4 Å². The van der Waals surface area contributed by atoms with Crippen molar-refractivity contribution in [1.82, 2.24) is 0 Å². The molecule has 0 spiro atoms. The Morgan fingerprint density at radius 1 is 0.647 bits per heavy atom. The molecule has 0 N–H and O–H groups in total. The Labute approximate surface area is 199 Å². The van der Waals surface area contributed by atoms with E-state index in [-0.39, 0.29) is 0 Å².